The van der Waals surface area contributed by atoms with Gasteiger partial charge in [0.2, 0.25) is 10.0 Å². The van der Waals surface area contributed by atoms with Crippen LogP contribution in [0.3, 0.4) is 0 Å². The quantitative estimate of drug-likeness (QED) is 0.710. The number of nitrogens with one attached hydrogen (secondary N) is 2. The predicted octanol–water partition coefficient (Wildman–Crippen LogP) is 1.46. The molecule has 1 aromatic carbocycles. The molecule has 106 valence electrons. The van der Waals surface area contributed by atoms with Gasteiger partial charge >= 0.3 is 0 Å². The molecule has 1 fully saturated rings. The Kier molecular flexibility index (Phi) is 4.96. The number of benzene rings is 1. The average molecular weight is 282 g/mol. The van der Waals surface area contributed by atoms with Crippen molar-refractivity contribution in [2.24, 2.45) is 0 Å². The lowest BCUT2D eigenvalue weighted by Crippen LogP contribution is -2.29. The van der Waals surface area contributed by atoms with Crippen LogP contribution in [0.4, 0.5) is 0 Å². The van der Waals surface area contributed by atoms with Crippen molar-refractivity contribution in [2.75, 3.05) is 19.3 Å². The molecule has 0 aliphatic heterocycles. The molecule has 1 saturated carbocycles. The zero-order valence-corrected chi connectivity index (χ0v) is 12.1. The minimum Gasteiger partial charge on any atom is -0.320 e. The normalized spacial score (nSPS) is 22.4. The number of unbranched alkanes of at least 4 members (excludes halogenated alkanes) is 1. The summed E-state index contributed by atoms with van der Waals surface area (Å²) in [6.07, 6.45) is 2.52. The van der Waals surface area contributed by atoms with Crippen molar-refractivity contribution in [3.8, 4) is 0 Å². The zero-order chi connectivity index (χ0) is 13.7. The molecular formula is C14H22N2O2S. The lowest BCUT2D eigenvalue weighted by atomic mass is 10.1. The summed E-state index contributed by atoms with van der Waals surface area (Å²) in [5.41, 5.74) is 1.23. The third kappa shape index (κ3) is 4.60. The molecule has 2 atom stereocenters. The van der Waals surface area contributed by atoms with Crippen molar-refractivity contribution in [3.05, 3.63) is 35.9 Å². The zero-order valence-electron chi connectivity index (χ0n) is 11.3. The number of hydrogen-bond donors (Lipinski definition) is 2. The van der Waals surface area contributed by atoms with Gasteiger partial charge in [-0.25, -0.2) is 13.1 Å². The highest BCUT2D eigenvalue weighted by Gasteiger charge is 2.40. The van der Waals surface area contributed by atoms with Gasteiger partial charge < -0.3 is 5.32 Å². The minimum atomic E-state index is -3.12. The molecule has 0 amide bonds. The third-order valence-electron chi connectivity index (χ3n) is 3.44. The molecule has 1 aromatic rings. The van der Waals surface area contributed by atoms with Gasteiger partial charge in [-0.3, -0.25) is 0 Å². The van der Waals surface area contributed by atoms with E-state index in [1.807, 2.05) is 25.2 Å². The predicted molar refractivity (Wildman–Crippen MR) is 77.7 cm³/mol. The van der Waals surface area contributed by atoms with Gasteiger partial charge in [-0.2, -0.15) is 0 Å². The molecule has 2 unspecified atom stereocenters. The van der Waals surface area contributed by atoms with Gasteiger partial charge in [0, 0.05) is 12.0 Å². The second-order valence-electron chi connectivity index (χ2n) is 5.11. The first-order valence-corrected chi connectivity index (χ1v) is 8.47. The maximum Gasteiger partial charge on any atom is 0.211 e. The van der Waals surface area contributed by atoms with Crippen LogP contribution in [0.15, 0.2) is 30.3 Å². The van der Waals surface area contributed by atoms with Gasteiger partial charge in [0.1, 0.15) is 0 Å². The fourth-order valence-corrected chi connectivity index (χ4v) is 3.70. The van der Waals surface area contributed by atoms with Crippen molar-refractivity contribution in [1.82, 2.24) is 10.0 Å². The first-order valence-electron chi connectivity index (χ1n) is 6.82. The second kappa shape index (κ2) is 6.50. The Morgan fingerprint density at radius 3 is 2.63 bits per heavy atom. The van der Waals surface area contributed by atoms with Crippen LogP contribution in [0.2, 0.25) is 0 Å². The second-order valence-corrected chi connectivity index (χ2v) is 6.98. The largest absolute Gasteiger partial charge is 0.320 e. The summed E-state index contributed by atoms with van der Waals surface area (Å²) in [5.74, 6) is 0.584. The van der Waals surface area contributed by atoms with Crippen molar-refractivity contribution in [3.63, 3.8) is 0 Å². The highest BCUT2D eigenvalue weighted by atomic mass is 32.2. The first-order chi connectivity index (χ1) is 9.12. The number of hydrogen-bond acceptors (Lipinski definition) is 3. The van der Waals surface area contributed by atoms with Crippen LogP contribution in [-0.4, -0.2) is 33.8 Å². The Balaban J connectivity index is 1.77. The van der Waals surface area contributed by atoms with Gasteiger partial charge in [-0.1, -0.05) is 30.3 Å². The SMILES string of the molecule is CNCCCCS(=O)(=O)NC1CC1c1ccccc1. The van der Waals surface area contributed by atoms with Gasteiger partial charge in [-0.05, 0) is 38.4 Å². The van der Waals surface area contributed by atoms with Crippen molar-refractivity contribution in [1.29, 1.82) is 0 Å². The van der Waals surface area contributed by atoms with Gasteiger partial charge in [0.05, 0.1) is 5.75 Å². The van der Waals surface area contributed by atoms with E-state index in [2.05, 4.69) is 22.2 Å². The maximum atomic E-state index is 11.9. The fourth-order valence-electron chi connectivity index (χ4n) is 2.28. The summed E-state index contributed by atoms with van der Waals surface area (Å²) in [5, 5.41) is 3.02. The van der Waals surface area contributed by atoms with E-state index >= 15 is 0 Å². The molecule has 5 heteroatoms. The fraction of sp³-hybridized carbons (Fsp3) is 0.571. The molecule has 0 bridgehead atoms. The van der Waals surface area contributed by atoms with Gasteiger partial charge in [-0.15, -0.1) is 0 Å². The van der Waals surface area contributed by atoms with E-state index in [0.29, 0.717) is 12.3 Å². The number of rotatable bonds is 8. The number of sulfonamides is 1. The molecule has 1 aliphatic rings. The standard InChI is InChI=1S/C14H22N2O2S/c1-15-9-5-6-10-19(17,18)16-14-11-13(14)12-7-3-2-4-8-12/h2-4,7-8,13-16H,5-6,9-11H2,1H3. The highest BCUT2D eigenvalue weighted by molar-refractivity contribution is 7.89. The third-order valence-corrected chi connectivity index (χ3v) is 4.93. The molecule has 0 radical (unpaired) electrons. The summed E-state index contributed by atoms with van der Waals surface area (Å²) >= 11 is 0. The van der Waals surface area contributed by atoms with Crippen LogP contribution in [-0.2, 0) is 10.0 Å². The summed E-state index contributed by atoms with van der Waals surface area (Å²) in [7, 11) is -1.24. The topological polar surface area (TPSA) is 58.2 Å². The molecule has 2 N–H and O–H groups in total. The van der Waals surface area contributed by atoms with Crippen molar-refractivity contribution in [2.45, 2.75) is 31.2 Å². The van der Waals surface area contributed by atoms with Crippen LogP contribution < -0.4 is 10.0 Å². The summed E-state index contributed by atoms with van der Waals surface area (Å²) in [6.45, 7) is 0.867. The van der Waals surface area contributed by atoms with Gasteiger partial charge in [0.25, 0.3) is 0 Å². The van der Waals surface area contributed by atoms with E-state index in [4.69, 9.17) is 0 Å². The molecule has 1 aliphatic carbocycles. The molecule has 0 spiro atoms. The minimum absolute atomic E-state index is 0.0942. The van der Waals surface area contributed by atoms with E-state index < -0.39 is 10.0 Å². The molecule has 2 rings (SSSR count). The maximum absolute atomic E-state index is 11.9. The molecule has 0 saturated heterocycles. The summed E-state index contributed by atoms with van der Waals surface area (Å²) in [4.78, 5) is 0. The van der Waals surface area contributed by atoms with Crippen LogP contribution >= 0.6 is 0 Å². The monoisotopic (exact) mass is 282 g/mol. The Hall–Kier alpha value is -0.910. The van der Waals surface area contributed by atoms with E-state index in [0.717, 1.165) is 19.4 Å². The summed E-state index contributed by atoms with van der Waals surface area (Å²) in [6, 6.07) is 10.2. The Morgan fingerprint density at radius 1 is 1.21 bits per heavy atom. The van der Waals surface area contributed by atoms with E-state index in [1.54, 1.807) is 0 Å². The lowest BCUT2D eigenvalue weighted by Gasteiger charge is -2.06. The van der Waals surface area contributed by atoms with E-state index in [1.165, 1.54) is 5.56 Å². The van der Waals surface area contributed by atoms with Crippen LogP contribution in [0.25, 0.3) is 0 Å². The molecule has 0 heterocycles. The van der Waals surface area contributed by atoms with Crippen LogP contribution in [0.1, 0.15) is 30.7 Å². The van der Waals surface area contributed by atoms with Crippen LogP contribution in [0, 0.1) is 0 Å². The Morgan fingerprint density at radius 2 is 1.95 bits per heavy atom. The molecule has 4 nitrogen and oxygen atoms in total. The average Bonchev–Trinajstić information content (AvgIpc) is 3.14. The Labute approximate surface area is 115 Å². The van der Waals surface area contributed by atoms with Crippen molar-refractivity contribution < 1.29 is 8.42 Å². The van der Waals surface area contributed by atoms with Crippen molar-refractivity contribution >= 4 is 10.0 Å². The molecule has 0 aromatic heterocycles. The van der Waals surface area contributed by atoms with Gasteiger partial charge in [0.15, 0.2) is 0 Å². The Bertz CT molecular complexity index is 487. The molecular weight excluding hydrogens is 260 g/mol. The van der Waals surface area contributed by atoms with E-state index in [-0.39, 0.29) is 11.8 Å². The summed E-state index contributed by atoms with van der Waals surface area (Å²) < 4.78 is 26.6. The highest BCUT2D eigenvalue weighted by Crippen LogP contribution is 2.40. The molecule has 19 heavy (non-hydrogen) atoms. The first kappa shape index (κ1) is 14.5. The van der Waals surface area contributed by atoms with Crippen LogP contribution in [0.5, 0.6) is 0 Å². The smallest absolute Gasteiger partial charge is 0.211 e. The van der Waals surface area contributed by atoms with E-state index in [9.17, 15) is 8.42 Å². The lowest BCUT2D eigenvalue weighted by molar-refractivity contribution is 0.574.